The summed E-state index contributed by atoms with van der Waals surface area (Å²) in [5, 5.41) is 18.0. The van der Waals surface area contributed by atoms with Crippen molar-refractivity contribution in [3.8, 4) is 0 Å². The minimum absolute atomic E-state index is 0.229. The molecule has 3 nitrogen and oxygen atoms in total. The molecule has 2 N–H and O–H groups in total. The maximum Gasteiger partial charge on any atom is 0.488 e. The molecule has 4 heteroatoms. The standard InChI is InChI=1S/C11H17BO3/c1-3-9(2)15-8-10-5-4-6-11(7-10)12(13)14/h4-7,9,13-14H,3,8H2,1-2H3. The van der Waals surface area contributed by atoms with E-state index in [0.717, 1.165) is 12.0 Å². The maximum absolute atomic E-state index is 8.99. The third kappa shape index (κ3) is 4.04. The Balaban J connectivity index is 2.58. The Morgan fingerprint density at radius 2 is 2.13 bits per heavy atom. The van der Waals surface area contributed by atoms with Crippen molar-refractivity contribution in [2.45, 2.75) is 33.0 Å². The van der Waals surface area contributed by atoms with Crippen LogP contribution in [0, 0.1) is 0 Å². The molecule has 0 bridgehead atoms. The summed E-state index contributed by atoms with van der Waals surface area (Å²) in [6, 6.07) is 7.13. The van der Waals surface area contributed by atoms with Crippen LogP contribution in [0.4, 0.5) is 0 Å². The predicted molar refractivity (Wildman–Crippen MR) is 60.8 cm³/mol. The number of benzene rings is 1. The van der Waals surface area contributed by atoms with E-state index < -0.39 is 7.12 Å². The second-order valence-electron chi connectivity index (χ2n) is 3.65. The van der Waals surface area contributed by atoms with Crippen LogP contribution in [0.5, 0.6) is 0 Å². The fourth-order valence-electron chi connectivity index (χ4n) is 1.20. The Bertz CT molecular complexity index is 302. The van der Waals surface area contributed by atoms with E-state index in [9.17, 15) is 0 Å². The zero-order valence-electron chi connectivity index (χ0n) is 9.18. The molecule has 1 atom stereocenters. The van der Waals surface area contributed by atoms with Crippen molar-refractivity contribution in [3.63, 3.8) is 0 Å². The van der Waals surface area contributed by atoms with Crippen molar-refractivity contribution in [2.24, 2.45) is 0 Å². The number of ether oxygens (including phenoxy) is 1. The summed E-state index contributed by atoms with van der Waals surface area (Å²) in [4.78, 5) is 0. The van der Waals surface area contributed by atoms with Crippen LogP contribution >= 0.6 is 0 Å². The molecular weight excluding hydrogens is 191 g/mol. The van der Waals surface area contributed by atoms with Crippen LogP contribution < -0.4 is 5.46 Å². The largest absolute Gasteiger partial charge is 0.488 e. The Kier molecular flexibility index (Phi) is 4.82. The molecule has 0 fully saturated rings. The highest BCUT2D eigenvalue weighted by Gasteiger charge is 2.10. The van der Waals surface area contributed by atoms with Crippen molar-refractivity contribution < 1.29 is 14.8 Å². The summed E-state index contributed by atoms with van der Waals surface area (Å²) in [6.45, 7) is 4.60. The van der Waals surface area contributed by atoms with Crippen LogP contribution in [0.1, 0.15) is 25.8 Å². The van der Waals surface area contributed by atoms with Gasteiger partial charge in [-0.05, 0) is 24.4 Å². The van der Waals surface area contributed by atoms with Gasteiger partial charge in [0, 0.05) is 0 Å². The molecule has 0 saturated heterocycles. The first-order chi connectivity index (χ1) is 7.13. The molecule has 15 heavy (non-hydrogen) atoms. The summed E-state index contributed by atoms with van der Waals surface area (Å²) in [7, 11) is -1.41. The lowest BCUT2D eigenvalue weighted by atomic mass is 9.80. The van der Waals surface area contributed by atoms with E-state index in [1.165, 1.54) is 0 Å². The second kappa shape index (κ2) is 5.90. The summed E-state index contributed by atoms with van der Waals surface area (Å²) < 4.78 is 5.55. The van der Waals surface area contributed by atoms with Gasteiger partial charge < -0.3 is 14.8 Å². The van der Waals surface area contributed by atoms with Crippen molar-refractivity contribution >= 4 is 12.6 Å². The molecule has 82 valence electrons. The fourth-order valence-corrected chi connectivity index (χ4v) is 1.20. The van der Waals surface area contributed by atoms with E-state index in [0.29, 0.717) is 12.1 Å². The molecule has 1 aromatic rings. The maximum atomic E-state index is 8.99. The van der Waals surface area contributed by atoms with Crippen molar-refractivity contribution in [3.05, 3.63) is 29.8 Å². The number of rotatable bonds is 5. The van der Waals surface area contributed by atoms with Crippen LogP contribution in [0.15, 0.2) is 24.3 Å². The Morgan fingerprint density at radius 1 is 1.40 bits per heavy atom. The summed E-state index contributed by atoms with van der Waals surface area (Å²) in [5.74, 6) is 0. The molecule has 1 unspecified atom stereocenters. The number of hydrogen-bond acceptors (Lipinski definition) is 3. The molecule has 1 aromatic carbocycles. The lowest BCUT2D eigenvalue weighted by molar-refractivity contribution is 0.0509. The minimum atomic E-state index is -1.41. The van der Waals surface area contributed by atoms with Gasteiger partial charge in [0.05, 0.1) is 12.7 Å². The van der Waals surface area contributed by atoms with Crippen LogP contribution in [-0.4, -0.2) is 23.3 Å². The van der Waals surface area contributed by atoms with Gasteiger partial charge in [-0.1, -0.05) is 31.2 Å². The van der Waals surface area contributed by atoms with Gasteiger partial charge in [-0.15, -0.1) is 0 Å². The first kappa shape index (κ1) is 12.2. The molecule has 1 rings (SSSR count). The number of hydrogen-bond donors (Lipinski definition) is 2. The van der Waals surface area contributed by atoms with E-state index in [1.807, 2.05) is 13.0 Å². The Hall–Kier alpha value is -0.835. The van der Waals surface area contributed by atoms with Gasteiger partial charge in [-0.2, -0.15) is 0 Å². The highest BCUT2D eigenvalue weighted by Crippen LogP contribution is 2.04. The zero-order chi connectivity index (χ0) is 11.3. The topological polar surface area (TPSA) is 49.7 Å². The van der Waals surface area contributed by atoms with Gasteiger partial charge in [-0.3, -0.25) is 0 Å². The molecule has 0 aromatic heterocycles. The molecule has 0 amide bonds. The van der Waals surface area contributed by atoms with Crippen molar-refractivity contribution in [1.82, 2.24) is 0 Å². The van der Waals surface area contributed by atoms with Crippen molar-refractivity contribution in [2.75, 3.05) is 0 Å². The highest BCUT2D eigenvalue weighted by atomic mass is 16.5. The van der Waals surface area contributed by atoms with Gasteiger partial charge in [-0.25, -0.2) is 0 Å². The third-order valence-corrected chi connectivity index (χ3v) is 2.36. The van der Waals surface area contributed by atoms with Gasteiger partial charge in [0.25, 0.3) is 0 Å². The van der Waals surface area contributed by atoms with Gasteiger partial charge in [0.1, 0.15) is 0 Å². The zero-order valence-corrected chi connectivity index (χ0v) is 9.18. The lowest BCUT2D eigenvalue weighted by Crippen LogP contribution is -2.29. The van der Waals surface area contributed by atoms with E-state index in [2.05, 4.69) is 6.92 Å². The fraction of sp³-hybridized carbons (Fsp3) is 0.455. The smallest absolute Gasteiger partial charge is 0.423 e. The SMILES string of the molecule is CCC(C)OCc1cccc(B(O)O)c1. The quantitative estimate of drug-likeness (QED) is 0.699. The van der Waals surface area contributed by atoms with Crippen molar-refractivity contribution in [1.29, 1.82) is 0 Å². The third-order valence-electron chi connectivity index (χ3n) is 2.36. The second-order valence-corrected chi connectivity index (χ2v) is 3.65. The molecular formula is C11H17BO3. The summed E-state index contributed by atoms with van der Waals surface area (Å²) >= 11 is 0. The average Bonchev–Trinajstić information content (AvgIpc) is 2.26. The van der Waals surface area contributed by atoms with E-state index in [1.54, 1.807) is 18.2 Å². The van der Waals surface area contributed by atoms with Gasteiger partial charge in [0.15, 0.2) is 0 Å². The molecule has 0 spiro atoms. The molecule has 0 heterocycles. The monoisotopic (exact) mass is 208 g/mol. The Labute approximate surface area is 90.9 Å². The molecule has 0 aliphatic rings. The van der Waals surface area contributed by atoms with E-state index >= 15 is 0 Å². The normalized spacial score (nSPS) is 12.5. The van der Waals surface area contributed by atoms with Gasteiger partial charge >= 0.3 is 7.12 Å². The summed E-state index contributed by atoms with van der Waals surface area (Å²) in [5.41, 5.74) is 1.46. The predicted octanol–water partition coefficient (Wildman–Crippen LogP) is 0.681. The van der Waals surface area contributed by atoms with Crippen LogP contribution in [0.25, 0.3) is 0 Å². The molecule has 0 radical (unpaired) electrons. The van der Waals surface area contributed by atoms with Crippen LogP contribution in [-0.2, 0) is 11.3 Å². The summed E-state index contributed by atoms with van der Waals surface area (Å²) in [6.07, 6.45) is 1.20. The minimum Gasteiger partial charge on any atom is -0.423 e. The highest BCUT2D eigenvalue weighted by molar-refractivity contribution is 6.58. The first-order valence-electron chi connectivity index (χ1n) is 5.20. The molecule has 0 aliphatic carbocycles. The van der Waals surface area contributed by atoms with Crippen LogP contribution in [0.3, 0.4) is 0 Å². The first-order valence-corrected chi connectivity index (χ1v) is 5.20. The van der Waals surface area contributed by atoms with E-state index in [-0.39, 0.29) is 6.10 Å². The van der Waals surface area contributed by atoms with E-state index in [4.69, 9.17) is 14.8 Å². The molecule has 0 aliphatic heterocycles. The average molecular weight is 208 g/mol. The van der Waals surface area contributed by atoms with Gasteiger partial charge in [0.2, 0.25) is 0 Å². The van der Waals surface area contributed by atoms with Crippen LogP contribution in [0.2, 0.25) is 0 Å². The lowest BCUT2D eigenvalue weighted by Gasteiger charge is -2.11. The Morgan fingerprint density at radius 3 is 2.73 bits per heavy atom. The molecule has 0 saturated carbocycles.